The maximum absolute atomic E-state index is 13.2. The standard InChI is InChI=1S/C16H15FO2S/c17-13-5-3-6-14(10-13)20(18)11-16-15-7-2-1-4-12(15)8-9-19-16/h1-7,10,16H,8-9,11H2. The van der Waals surface area contributed by atoms with Gasteiger partial charge in [0.1, 0.15) is 5.82 Å². The Bertz CT molecular complexity index is 642. The van der Waals surface area contributed by atoms with Gasteiger partial charge in [0.15, 0.2) is 0 Å². The first-order chi connectivity index (χ1) is 9.74. The third-order valence-electron chi connectivity index (χ3n) is 3.45. The van der Waals surface area contributed by atoms with Crippen LogP contribution in [0.1, 0.15) is 17.2 Å². The summed E-state index contributed by atoms with van der Waals surface area (Å²) in [5.41, 5.74) is 2.35. The van der Waals surface area contributed by atoms with E-state index in [0.29, 0.717) is 17.3 Å². The Kier molecular flexibility index (Phi) is 3.94. The van der Waals surface area contributed by atoms with Crippen molar-refractivity contribution in [3.8, 4) is 0 Å². The maximum atomic E-state index is 13.2. The molecule has 0 N–H and O–H groups in total. The van der Waals surface area contributed by atoms with Crippen LogP contribution in [0.4, 0.5) is 4.39 Å². The summed E-state index contributed by atoms with van der Waals surface area (Å²) < 4.78 is 31.3. The van der Waals surface area contributed by atoms with Gasteiger partial charge in [-0.25, -0.2) is 4.39 Å². The van der Waals surface area contributed by atoms with E-state index in [1.54, 1.807) is 12.1 Å². The Hall–Kier alpha value is -1.52. The molecule has 1 aliphatic heterocycles. The molecular formula is C16H15FO2S. The number of rotatable bonds is 3. The van der Waals surface area contributed by atoms with Gasteiger partial charge in [-0.15, -0.1) is 0 Å². The molecule has 104 valence electrons. The first-order valence-corrected chi connectivity index (χ1v) is 7.89. The van der Waals surface area contributed by atoms with Crippen LogP contribution >= 0.6 is 0 Å². The van der Waals surface area contributed by atoms with E-state index in [4.69, 9.17) is 4.74 Å². The van der Waals surface area contributed by atoms with Crippen LogP contribution in [-0.2, 0) is 22.0 Å². The van der Waals surface area contributed by atoms with Gasteiger partial charge >= 0.3 is 0 Å². The fourth-order valence-electron chi connectivity index (χ4n) is 2.46. The summed E-state index contributed by atoms with van der Waals surface area (Å²) in [4.78, 5) is 0.511. The van der Waals surface area contributed by atoms with Gasteiger partial charge in [-0.05, 0) is 35.7 Å². The normalized spacial score (nSPS) is 19.4. The Morgan fingerprint density at radius 2 is 2.05 bits per heavy atom. The van der Waals surface area contributed by atoms with Crippen molar-refractivity contribution in [2.24, 2.45) is 0 Å². The molecule has 0 amide bonds. The van der Waals surface area contributed by atoms with Crippen molar-refractivity contribution in [2.45, 2.75) is 17.4 Å². The minimum Gasteiger partial charge on any atom is -0.372 e. The molecule has 0 aliphatic carbocycles. The van der Waals surface area contributed by atoms with Gasteiger partial charge in [0.2, 0.25) is 0 Å². The molecule has 0 aromatic heterocycles. The van der Waals surface area contributed by atoms with Crippen LogP contribution in [0.3, 0.4) is 0 Å². The Morgan fingerprint density at radius 1 is 1.20 bits per heavy atom. The van der Waals surface area contributed by atoms with Gasteiger partial charge in [-0.1, -0.05) is 30.3 Å². The van der Waals surface area contributed by atoms with Crippen LogP contribution in [0.5, 0.6) is 0 Å². The highest BCUT2D eigenvalue weighted by Gasteiger charge is 2.23. The summed E-state index contributed by atoms with van der Waals surface area (Å²) in [5, 5.41) is 0. The first-order valence-electron chi connectivity index (χ1n) is 6.57. The zero-order valence-electron chi connectivity index (χ0n) is 10.9. The van der Waals surface area contributed by atoms with Gasteiger partial charge in [0, 0.05) is 4.90 Å². The fraction of sp³-hybridized carbons (Fsp3) is 0.250. The number of hydrogen-bond acceptors (Lipinski definition) is 2. The number of ether oxygens (including phenoxy) is 1. The molecule has 1 heterocycles. The van der Waals surface area contributed by atoms with Crippen molar-refractivity contribution in [2.75, 3.05) is 12.4 Å². The Labute approximate surface area is 120 Å². The van der Waals surface area contributed by atoms with E-state index < -0.39 is 10.8 Å². The second-order valence-corrected chi connectivity index (χ2v) is 6.27. The Morgan fingerprint density at radius 3 is 2.90 bits per heavy atom. The quantitative estimate of drug-likeness (QED) is 0.867. The van der Waals surface area contributed by atoms with Crippen LogP contribution in [-0.4, -0.2) is 16.6 Å². The lowest BCUT2D eigenvalue weighted by Crippen LogP contribution is -2.21. The number of benzene rings is 2. The number of halogens is 1. The van der Waals surface area contributed by atoms with Gasteiger partial charge in [0.25, 0.3) is 0 Å². The topological polar surface area (TPSA) is 26.3 Å². The molecule has 2 nitrogen and oxygen atoms in total. The van der Waals surface area contributed by atoms with E-state index in [2.05, 4.69) is 6.07 Å². The van der Waals surface area contributed by atoms with Crippen LogP contribution in [0, 0.1) is 5.82 Å². The van der Waals surface area contributed by atoms with E-state index in [1.807, 2.05) is 18.2 Å². The molecule has 2 aromatic carbocycles. The highest BCUT2D eigenvalue weighted by atomic mass is 32.2. The van der Waals surface area contributed by atoms with E-state index >= 15 is 0 Å². The average molecular weight is 290 g/mol. The largest absolute Gasteiger partial charge is 0.372 e. The molecule has 4 heteroatoms. The third kappa shape index (κ3) is 2.81. The SMILES string of the molecule is O=S(CC1OCCc2ccccc21)c1cccc(F)c1. The van der Waals surface area contributed by atoms with Gasteiger partial charge in [-0.3, -0.25) is 4.21 Å². The summed E-state index contributed by atoms with van der Waals surface area (Å²) in [6.45, 7) is 0.641. The minimum atomic E-state index is -1.26. The fourth-order valence-corrected chi connectivity index (χ4v) is 3.67. The zero-order valence-corrected chi connectivity index (χ0v) is 11.7. The minimum absolute atomic E-state index is 0.177. The lowest BCUT2D eigenvalue weighted by molar-refractivity contribution is 0.0582. The van der Waals surface area contributed by atoms with Crippen LogP contribution in [0.15, 0.2) is 53.4 Å². The highest BCUT2D eigenvalue weighted by Crippen LogP contribution is 2.28. The molecule has 0 saturated carbocycles. The second-order valence-electron chi connectivity index (χ2n) is 4.78. The molecule has 1 aliphatic rings. The monoisotopic (exact) mass is 290 g/mol. The lowest BCUT2D eigenvalue weighted by Gasteiger charge is -2.25. The predicted octanol–water partition coefficient (Wildman–Crippen LogP) is 3.25. The zero-order chi connectivity index (χ0) is 13.9. The number of hydrogen-bond donors (Lipinski definition) is 0. The van der Waals surface area contributed by atoms with E-state index in [9.17, 15) is 8.60 Å². The lowest BCUT2D eigenvalue weighted by atomic mass is 9.99. The highest BCUT2D eigenvalue weighted by molar-refractivity contribution is 7.85. The van der Waals surface area contributed by atoms with Crippen LogP contribution in [0.2, 0.25) is 0 Å². The van der Waals surface area contributed by atoms with E-state index in [-0.39, 0.29) is 11.9 Å². The molecule has 2 atom stereocenters. The molecular weight excluding hydrogens is 275 g/mol. The summed E-state index contributed by atoms with van der Waals surface area (Å²) in [5.74, 6) is 0.00122. The molecule has 0 saturated heterocycles. The van der Waals surface area contributed by atoms with Gasteiger partial charge in [-0.2, -0.15) is 0 Å². The van der Waals surface area contributed by atoms with Crippen molar-refractivity contribution in [3.63, 3.8) is 0 Å². The molecule has 0 radical (unpaired) electrons. The smallest absolute Gasteiger partial charge is 0.124 e. The molecule has 2 unspecified atom stereocenters. The summed E-state index contributed by atoms with van der Waals surface area (Å²) in [6, 6.07) is 14.0. The summed E-state index contributed by atoms with van der Waals surface area (Å²) in [7, 11) is -1.26. The van der Waals surface area contributed by atoms with Crippen LogP contribution < -0.4 is 0 Å². The summed E-state index contributed by atoms with van der Waals surface area (Å²) in [6.07, 6.45) is 0.711. The molecule has 0 fully saturated rings. The number of fused-ring (bicyclic) bond motifs is 1. The van der Waals surface area contributed by atoms with Crippen molar-refractivity contribution in [3.05, 3.63) is 65.5 Å². The third-order valence-corrected chi connectivity index (χ3v) is 4.84. The van der Waals surface area contributed by atoms with Crippen molar-refractivity contribution < 1.29 is 13.3 Å². The van der Waals surface area contributed by atoms with Crippen molar-refractivity contribution in [1.29, 1.82) is 0 Å². The molecule has 0 bridgehead atoms. The molecule has 20 heavy (non-hydrogen) atoms. The van der Waals surface area contributed by atoms with Crippen LogP contribution in [0.25, 0.3) is 0 Å². The van der Waals surface area contributed by atoms with Crippen molar-refractivity contribution in [1.82, 2.24) is 0 Å². The van der Waals surface area contributed by atoms with E-state index in [0.717, 1.165) is 12.0 Å². The van der Waals surface area contributed by atoms with E-state index in [1.165, 1.54) is 17.7 Å². The van der Waals surface area contributed by atoms with Gasteiger partial charge in [0.05, 0.1) is 29.3 Å². The maximum Gasteiger partial charge on any atom is 0.124 e. The molecule has 0 spiro atoms. The first kappa shape index (κ1) is 13.5. The predicted molar refractivity (Wildman–Crippen MR) is 76.5 cm³/mol. The van der Waals surface area contributed by atoms with Crippen molar-refractivity contribution >= 4 is 10.8 Å². The van der Waals surface area contributed by atoms with Gasteiger partial charge < -0.3 is 4.74 Å². The molecule has 2 aromatic rings. The average Bonchev–Trinajstić information content (AvgIpc) is 2.47. The molecule has 3 rings (SSSR count). The second kappa shape index (κ2) is 5.85. The summed E-state index contributed by atoms with van der Waals surface area (Å²) >= 11 is 0. The Balaban J connectivity index is 1.81.